The molecule has 6 aromatic rings. The lowest BCUT2D eigenvalue weighted by molar-refractivity contribution is 0.0410. The van der Waals surface area contributed by atoms with Crippen LogP contribution >= 0.6 is 11.3 Å². The molecule has 0 spiro atoms. The van der Waals surface area contributed by atoms with E-state index in [0.29, 0.717) is 33.4 Å². The molecule has 0 fully saturated rings. The molecule has 0 saturated carbocycles. The maximum atomic E-state index is 13.6. The topological polar surface area (TPSA) is 87.7 Å². The van der Waals surface area contributed by atoms with Gasteiger partial charge in [0.1, 0.15) is 16.8 Å². The molecule has 34 heavy (non-hydrogen) atoms. The Bertz CT molecular complexity index is 1780. The van der Waals surface area contributed by atoms with E-state index in [9.17, 15) is 9.59 Å². The van der Waals surface area contributed by atoms with Crippen molar-refractivity contribution in [3.63, 3.8) is 0 Å². The van der Waals surface area contributed by atoms with Gasteiger partial charge in [0.2, 0.25) is 0 Å². The molecule has 0 N–H and O–H groups in total. The average molecular weight is 468 g/mol. The summed E-state index contributed by atoms with van der Waals surface area (Å²) in [7, 11) is 1.54. The van der Waals surface area contributed by atoms with Gasteiger partial charge < -0.3 is 9.57 Å². The van der Waals surface area contributed by atoms with Gasteiger partial charge in [0.25, 0.3) is 5.56 Å². The fraction of sp³-hybridized carbons (Fsp3) is 0.0400. The highest BCUT2D eigenvalue weighted by atomic mass is 32.1. The van der Waals surface area contributed by atoms with Crippen LogP contribution in [0.5, 0.6) is 5.75 Å². The minimum absolute atomic E-state index is 0.230. The highest BCUT2D eigenvalue weighted by Gasteiger charge is 2.23. The number of pyridine rings is 2. The van der Waals surface area contributed by atoms with E-state index in [1.165, 1.54) is 22.8 Å². The molecule has 0 unspecified atom stereocenters. The predicted molar refractivity (Wildman–Crippen MR) is 129 cm³/mol. The van der Waals surface area contributed by atoms with Gasteiger partial charge in [-0.1, -0.05) is 35.2 Å². The molecule has 0 aliphatic carbocycles. The van der Waals surface area contributed by atoms with Gasteiger partial charge in [-0.3, -0.25) is 9.20 Å². The Balaban J connectivity index is 1.61. The number of carbonyl (C=O) groups excluding carboxylic acids is 1. The van der Waals surface area contributed by atoms with Gasteiger partial charge in [0.05, 0.1) is 28.5 Å². The summed E-state index contributed by atoms with van der Waals surface area (Å²) in [4.78, 5) is 33.8. The van der Waals surface area contributed by atoms with Crippen molar-refractivity contribution >= 4 is 43.9 Å². The maximum absolute atomic E-state index is 13.6. The van der Waals surface area contributed by atoms with E-state index in [-0.39, 0.29) is 11.1 Å². The molecule has 0 aliphatic rings. The second kappa shape index (κ2) is 7.82. The van der Waals surface area contributed by atoms with Crippen LogP contribution in [0.15, 0.2) is 83.1 Å². The van der Waals surface area contributed by atoms with E-state index in [0.717, 1.165) is 14.9 Å². The molecular formula is C25H16N4O4S. The standard InChI is InChI=1S/C25H16N4O4S/c1-32-21-9-5-2-6-16(21)17-14-18(22-23-15(11-13-34-23)10-12-28(22)24(17)30)25(31)33-29-20-8-4-3-7-19(20)26-27-29/h2-14H,1H3. The molecule has 4 heterocycles. The van der Waals surface area contributed by atoms with Gasteiger partial charge in [0, 0.05) is 11.8 Å². The molecule has 0 atom stereocenters. The van der Waals surface area contributed by atoms with E-state index in [2.05, 4.69) is 10.3 Å². The number of rotatable bonds is 4. The lowest BCUT2D eigenvalue weighted by Crippen LogP contribution is -2.25. The number of hydrogen-bond donors (Lipinski definition) is 0. The van der Waals surface area contributed by atoms with Crippen molar-refractivity contribution in [2.24, 2.45) is 0 Å². The third-order valence-electron chi connectivity index (χ3n) is 5.66. The summed E-state index contributed by atoms with van der Waals surface area (Å²) in [6, 6.07) is 19.7. The van der Waals surface area contributed by atoms with E-state index >= 15 is 0 Å². The summed E-state index contributed by atoms with van der Waals surface area (Å²) in [6.45, 7) is 0. The summed E-state index contributed by atoms with van der Waals surface area (Å²) >= 11 is 1.45. The zero-order chi connectivity index (χ0) is 23.2. The number of methoxy groups -OCH3 is 1. The van der Waals surface area contributed by atoms with Crippen LogP contribution in [0.3, 0.4) is 0 Å². The fourth-order valence-corrected chi connectivity index (χ4v) is 5.01. The SMILES string of the molecule is COc1ccccc1-c1cc(C(=O)On2nnc3ccccc32)c2c3sccc3ccn2c1=O. The van der Waals surface area contributed by atoms with Crippen molar-refractivity contribution in [3.8, 4) is 16.9 Å². The predicted octanol–water partition coefficient (Wildman–Crippen LogP) is 4.20. The van der Waals surface area contributed by atoms with Crippen LogP contribution in [0.4, 0.5) is 0 Å². The number of aromatic nitrogens is 4. The number of carbonyl (C=O) groups is 1. The Morgan fingerprint density at radius 1 is 1.00 bits per heavy atom. The number of fused-ring (bicyclic) bond motifs is 4. The van der Waals surface area contributed by atoms with Crippen LogP contribution in [-0.2, 0) is 0 Å². The van der Waals surface area contributed by atoms with Gasteiger partial charge in [0.15, 0.2) is 0 Å². The number of ether oxygens (including phenoxy) is 1. The molecule has 0 aliphatic heterocycles. The summed E-state index contributed by atoms with van der Waals surface area (Å²) in [5, 5.41) is 10.8. The van der Waals surface area contributed by atoms with Crippen LogP contribution in [0.1, 0.15) is 10.4 Å². The lowest BCUT2D eigenvalue weighted by Gasteiger charge is -2.13. The molecule has 8 nitrogen and oxygen atoms in total. The van der Waals surface area contributed by atoms with Gasteiger partial charge in [-0.15, -0.1) is 16.4 Å². The number of benzene rings is 2. The first-order valence-corrected chi connectivity index (χ1v) is 11.3. The Morgan fingerprint density at radius 3 is 2.71 bits per heavy atom. The smallest absolute Gasteiger partial charge is 0.367 e. The highest BCUT2D eigenvalue weighted by Crippen LogP contribution is 2.32. The average Bonchev–Trinajstić information content (AvgIpc) is 3.51. The van der Waals surface area contributed by atoms with E-state index < -0.39 is 5.97 Å². The number of hydrogen-bond acceptors (Lipinski definition) is 7. The second-order valence-corrected chi connectivity index (χ2v) is 8.46. The summed E-state index contributed by atoms with van der Waals surface area (Å²) in [6.07, 6.45) is 1.67. The molecule has 0 bridgehead atoms. The lowest BCUT2D eigenvalue weighted by atomic mass is 10.0. The van der Waals surface area contributed by atoms with Gasteiger partial charge in [-0.2, -0.15) is 0 Å². The largest absolute Gasteiger partial charge is 0.496 e. The summed E-state index contributed by atoms with van der Waals surface area (Å²) in [5.74, 6) is -0.136. The van der Waals surface area contributed by atoms with Crippen LogP contribution in [0.25, 0.3) is 37.8 Å². The third-order valence-corrected chi connectivity index (χ3v) is 6.59. The molecule has 0 amide bonds. The first-order chi connectivity index (χ1) is 16.7. The Labute approximate surface area is 196 Å². The molecular weight excluding hydrogens is 452 g/mol. The van der Waals surface area contributed by atoms with E-state index in [1.54, 1.807) is 36.5 Å². The molecule has 166 valence electrons. The summed E-state index contributed by atoms with van der Waals surface area (Å²) in [5.41, 5.74) is 2.49. The Hall–Kier alpha value is -4.50. The van der Waals surface area contributed by atoms with Gasteiger partial charge >= 0.3 is 5.97 Å². The minimum Gasteiger partial charge on any atom is -0.496 e. The van der Waals surface area contributed by atoms with Crippen molar-refractivity contribution in [3.05, 3.63) is 94.2 Å². The first-order valence-electron chi connectivity index (χ1n) is 10.4. The fourth-order valence-electron chi connectivity index (χ4n) is 4.07. The molecule has 6 rings (SSSR count). The maximum Gasteiger partial charge on any atom is 0.367 e. The van der Waals surface area contributed by atoms with Crippen molar-refractivity contribution < 1.29 is 14.4 Å². The Morgan fingerprint density at radius 2 is 1.82 bits per heavy atom. The molecule has 0 saturated heterocycles. The number of nitrogens with zero attached hydrogens (tertiary/aromatic N) is 4. The third kappa shape index (κ3) is 3.06. The zero-order valence-electron chi connectivity index (χ0n) is 17.8. The van der Waals surface area contributed by atoms with Crippen LogP contribution in [0, 0.1) is 0 Å². The monoisotopic (exact) mass is 468 g/mol. The second-order valence-electron chi connectivity index (χ2n) is 7.55. The molecule has 2 aromatic carbocycles. The summed E-state index contributed by atoms with van der Waals surface area (Å²) < 4.78 is 7.76. The number of para-hydroxylation sites is 2. The Kier molecular flexibility index (Phi) is 4.63. The van der Waals surface area contributed by atoms with Gasteiger partial charge in [-0.05, 0) is 52.4 Å². The molecule has 4 aromatic heterocycles. The first kappa shape index (κ1) is 20.1. The highest BCUT2D eigenvalue weighted by molar-refractivity contribution is 7.18. The molecule has 9 heteroatoms. The molecule has 0 radical (unpaired) electrons. The van der Waals surface area contributed by atoms with Crippen molar-refractivity contribution in [1.82, 2.24) is 19.6 Å². The minimum atomic E-state index is -0.662. The van der Waals surface area contributed by atoms with Crippen molar-refractivity contribution in [1.29, 1.82) is 0 Å². The van der Waals surface area contributed by atoms with Crippen molar-refractivity contribution in [2.75, 3.05) is 7.11 Å². The van der Waals surface area contributed by atoms with E-state index in [4.69, 9.17) is 9.57 Å². The van der Waals surface area contributed by atoms with Crippen molar-refractivity contribution in [2.45, 2.75) is 0 Å². The van der Waals surface area contributed by atoms with Gasteiger partial charge in [-0.25, -0.2) is 4.79 Å². The zero-order valence-corrected chi connectivity index (χ0v) is 18.7. The normalized spacial score (nSPS) is 11.3. The number of thiophene rings is 1. The quantitative estimate of drug-likeness (QED) is 0.360. The van der Waals surface area contributed by atoms with Crippen LogP contribution in [-0.4, -0.2) is 32.6 Å². The van der Waals surface area contributed by atoms with Crippen LogP contribution < -0.4 is 15.1 Å². The van der Waals surface area contributed by atoms with Crippen LogP contribution in [0.2, 0.25) is 0 Å². The van der Waals surface area contributed by atoms with E-state index in [1.807, 2.05) is 41.8 Å².